The molecule has 2 heteroatoms. The number of nitrogens with zero attached hydrogens (tertiary/aromatic N) is 1. The Hall–Kier alpha value is -0.530. The van der Waals surface area contributed by atoms with E-state index in [1.54, 1.807) is 0 Å². The molecule has 1 aromatic carbocycles. The van der Waals surface area contributed by atoms with Crippen LogP contribution < -0.4 is 0 Å². The summed E-state index contributed by atoms with van der Waals surface area (Å²) in [7, 11) is 0. The van der Waals surface area contributed by atoms with Crippen LogP contribution in [-0.2, 0) is 13.1 Å². The SMILES string of the molecule is Clc1c[c]cc2c1CN(C1CC1)C2. The van der Waals surface area contributed by atoms with E-state index in [4.69, 9.17) is 11.6 Å². The van der Waals surface area contributed by atoms with Crippen LogP contribution in [0.4, 0.5) is 0 Å². The molecule has 0 bridgehead atoms. The third-order valence-electron chi connectivity index (χ3n) is 2.94. The zero-order valence-corrected chi connectivity index (χ0v) is 8.14. The van der Waals surface area contributed by atoms with Crippen LogP contribution in [0.25, 0.3) is 0 Å². The lowest BCUT2D eigenvalue weighted by atomic mass is 10.1. The highest BCUT2D eigenvalue weighted by atomic mass is 35.5. The fraction of sp³-hybridized carbons (Fsp3) is 0.455. The quantitative estimate of drug-likeness (QED) is 0.661. The Morgan fingerprint density at radius 2 is 2.15 bits per heavy atom. The van der Waals surface area contributed by atoms with E-state index >= 15 is 0 Å². The third-order valence-corrected chi connectivity index (χ3v) is 3.28. The van der Waals surface area contributed by atoms with Crippen LogP contribution in [0.1, 0.15) is 24.0 Å². The van der Waals surface area contributed by atoms with Gasteiger partial charge in [0.2, 0.25) is 0 Å². The van der Waals surface area contributed by atoms with Gasteiger partial charge in [-0.05, 0) is 42.2 Å². The third kappa shape index (κ3) is 1.27. The van der Waals surface area contributed by atoms with E-state index in [1.807, 2.05) is 6.07 Å². The highest BCUT2D eigenvalue weighted by Gasteiger charge is 2.33. The molecule has 13 heavy (non-hydrogen) atoms. The second-order valence-corrected chi connectivity index (χ2v) is 4.35. The largest absolute Gasteiger partial charge is 0.292 e. The molecule has 1 fully saturated rings. The van der Waals surface area contributed by atoms with Crippen molar-refractivity contribution in [2.45, 2.75) is 32.0 Å². The predicted molar refractivity (Wildman–Crippen MR) is 52.6 cm³/mol. The summed E-state index contributed by atoms with van der Waals surface area (Å²) in [5, 5.41) is 0.889. The molecule has 1 radical (unpaired) electrons. The molecule has 1 heterocycles. The predicted octanol–water partition coefficient (Wildman–Crippen LogP) is 2.62. The minimum Gasteiger partial charge on any atom is -0.292 e. The summed E-state index contributed by atoms with van der Waals surface area (Å²) in [5.74, 6) is 0. The maximum Gasteiger partial charge on any atom is 0.0460 e. The minimum atomic E-state index is 0.837. The Balaban J connectivity index is 1.94. The van der Waals surface area contributed by atoms with E-state index in [1.165, 1.54) is 24.0 Å². The number of hydrogen-bond donors (Lipinski definition) is 0. The maximum atomic E-state index is 6.10. The van der Waals surface area contributed by atoms with Crippen molar-refractivity contribution in [1.29, 1.82) is 0 Å². The molecule has 1 aromatic rings. The summed E-state index contributed by atoms with van der Waals surface area (Å²) in [4.78, 5) is 2.52. The van der Waals surface area contributed by atoms with E-state index < -0.39 is 0 Å². The van der Waals surface area contributed by atoms with Gasteiger partial charge >= 0.3 is 0 Å². The van der Waals surface area contributed by atoms with Crippen LogP contribution in [0.5, 0.6) is 0 Å². The van der Waals surface area contributed by atoms with Crippen LogP contribution >= 0.6 is 11.6 Å². The molecule has 0 saturated heterocycles. The van der Waals surface area contributed by atoms with Gasteiger partial charge in [-0.2, -0.15) is 0 Å². The molecule has 1 aliphatic carbocycles. The van der Waals surface area contributed by atoms with E-state index in [0.717, 1.165) is 24.2 Å². The van der Waals surface area contributed by atoms with Gasteiger partial charge in [-0.1, -0.05) is 11.6 Å². The average molecular weight is 193 g/mol. The van der Waals surface area contributed by atoms with Crippen molar-refractivity contribution in [2.24, 2.45) is 0 Å². The van der Waals surface area contributed by atoms with Gasteiger partial charge in [0, 0.05) is 24.2 Å². The Labute approximate surface area is 83.3 Å². The van der Waals surface area contributed by atoms with E-state index in [0.29, 0.717) is 0 Å². The lowest BCUT2D eigenvalue weighted by Crippen LogP contribution is -2.18. The first-order valence-electron chi connectivity index (χ1n) is 4.76. The van der Waals surface area contributed by atoms with Crippen molar-refractivity contribution in [1.82, 2.24) is 4.90 Å². The number of rotatable bonds is 1. The lowest BCUT2D eigenvalue weighted by molar-refractivity contribution is 0.273. The van der Waals surface area contributed by atoms with Crippen molar-refractivity contribution < 1.29 is 0 Å². The summed E-state index contributed by atoms with van der Waals surface area (Å²) in [5.41, 5.74) is 2.70. The van der Waals surface area contributed by atoms with Gasteiger partial charge in [0.1, 0.15) is 0 Å². The van der Waals surface area contributed by atoms with E-state index in [2.05, 4.69) is 17.0 Å². The average Bonchev–Trinajstić information content (AvgIpc) is 2.87. The maximum absolute atomic E-state index is 6.10. The monoisotopic (exact) mass is 192 g/mol. The summed E-state index contributed by atoms with van der Waals surface area (Å²) < 4.78 is 0. The Kier molecular flexibility index (Phi) is 1.64. The highest BCUT2D eigenvalue weighted by molar-refractivity contribution is 6.31. The lowest BCUT2D eigenvalue weighted by Gasteiger charge is -2.12. The van der Waals surface area contributed by atoms with Gasteiger partial charge in [0.25, 0.3) is 0 Å². The van der Waals surface area contributed by atoms with Crippen molar-refractivity contribution in [2.75, 3.05) is 0 Å². The standard InChI is InChI=1S/C11H11ClN/c12-11-3-1-2-8-6-13(7-10(8)11)9-4-5-9/h2-3,9H,4-7H2. The Morgan fingerprint density at radius 3 is 2.85 bits per heavy atom. The molecule has 0 N–H and O–H groups in total. The molecule has 1 saturated carbocycles. The van der Waals surface area contributed by atoms with Crippen molar-refractivity contribution in [3.8, 4) is 0 Å². The van der Waals surface area contributed by atoms with E-state index in [9.17, 15) is 0 Å². The first kappa shape index (κ1) is 7.84. The zero-order chi connectivity index (χ0) is 8.84. The molecule has 3 rings (SSSR count). The van der Waals surface area contributed by atoms with Crippen molar-refractivity contribution >= 4 is 11.6 Å². The molecule has 67 valence electrons. The second-order valence-electron chi connectivity index (χ2n) is 3.94. The van der Waals surface area contributed by atoms with Gasteiger partial charge < -0.3 is 0 Å². The number of benzene rings is 1. The van der Waals surface area contributed by atoms with Crippen molar-refractivity contribution in [3.63, 3.8) is 0 Å². The summed E-state index contributed by atoms with van der Waals surface area (Å²) in [6.45, 7) is 2.13. The Bertz CT molecular complexity index is 344. The number of fused-ring (bicyclic) bond motifs is 1. The second kappa shape index (κ2) is 2.73. The first-order valence-corrected chi connectivity index (χ1v) is 5.14. The van der Waals surface area contributed by atoms with Crippen LogP contribution in [0.15, 0.2) is 12.1 Å². The van der Waals surface area contributed by atoms with Crippen LogP contribution in [0.3, 0.4) is 0 Å². The van der Waals surface area contributed by atoms with Crippen LogP contribution in [0.2, 0.25) is 5.02 Å². The van der Waals surface area contributed by atoms with Crippen molar-refractivity contribution in [3.05, 3.63) is 34.3 Å². The van der Waals surface area contributed by atoms with Gasteiger partial charge in [-0.15, -0.1) is 0 Å². The molecule has 1 aliphatic heterocycles. The van der Waals surface area contributed by atoms with Gasteiger partial charge in [-0.3, -0.25) is 4.90 Å². The van der Waals surface area contributed by atoms with Crippen LogP contribution in [-0.4, -0.2) is 10.9 Å². The smallest absolute Gasteiger partial charge is 0.0460 e. The molecule has 2 aliphatic rings. The number of halogens is 1. The summed E-state index contributed by atoms with van der Waals surface area (Å²) in [6.07, 6.45) is 2.74. The molecular formula is C11H11ClN. The van der Waals surface area contributed by atoms with Gasteiger partial charge in [0.05, 0.1) is 0 Å². The fourth-order valence-electron chi connectivity index (χ4n) is 2.04. The minimum absolute atomic E-state index is 0.837. The first-order chi connectivity index (χ1) is 6.34. The molecule has 0 amide bonds. The molecule has 0 spiro atoms. The summed E-state index contributed by atoms with van der Waals surface area (Å²) in [6, 6.07) is 7.86. The summed E-state index contributed by atoms with van der Waals surface area (Å²) >= 11 is 6.10. The Morgan fingerprint density at radius 1 is 1.31 bits per heavy atom. The number of hydrogen-bond acceptors (Lipinski definition) is 1. The van der Waals surface area contributed by atoms with Crippen LogP contribution in [0, 0.1) is 6.07 Å². The highest BCUT2D eigenvalue weighted by Crippen LogP contribution is 2.36. The molecule has 0 aromatic heterocycles. The molecule has 0 unspecified atom stereocenters. The normalized spacial score (nSPS) is 21.9. The van der Waals surface area contributed by atoms with Gasteiger partial charge in [-0.25, -0.2) is 0 Å². The molecular weight excluding hydrogens is 182 g/mol. The topological polar surface area (TPSA) is 3.24 Å². The zero-order valence-electron chi connectivity index (χ0n) is 7.39. The molecule has 0 atom stereocenters. The fourth-order valence-corrected chi connectivity index (χ4v) is 2.28. The van der Waals surface area contributed by atoms with E-state index in [-0.39, 0.29) is 0 Å². The van der Waals surface area contributed by atoms with Gasteiger partial charge in [0.15, 0.2) is 0 Å². The molecule has 1 nitrogen and oxygen atoms in total.